The molecule has 1 fully saturated rings. The molecular formula is C19H30FN. The minimum absolute atomic E-state index is 0.0908. The largest absolute Gasteiger partial charge is 0.312 e. The molecule has 1 saturated carbocycles. The predicted octanol–water partition coefficient (Wildman–Crippen LogP) is 5.04. The molecule has 0 heterocycles. The number of halogens is 1. The lowest BCUT2D eigenvalue weighted by Gasteiger charge is -2.37. The van der Waals surface area contributed by atoms with Crippen LogP contribution >= 0.6 is 0 Å². The first-order chi connectivity index (χ1) is 9.76. The Balaban J connectivity index is 2.16. The smallest absolute Gasteiger partial charge is 0.126 e. The molecule has 3 atom stereocenters. The van der Waals surface area contributed by atoms with E-state index in [0.717, 1.165) is 18.0 Å². The van der Waals surface area contributed by atoms with Gasteiger partial charge in [-0.05, 0) is 82.0 Å². The molecule has 3 unspecified atom stereocenters. The van der Waals surface area contributed by atoms with E-state index in [-0.39, 0.29) is 11.4 Å². The molecule has 0 spiro atoms. The van der Waals surface area contributed by atoms with Crippen LogP contribution in [0.15, 0.2) is 18.2 Å². The summed E-state index contributed by atoms with van der Waals surface area (Å²) < 4.78 is 13.5. The minimum Gasteiger partial charge on any atom is -0.312 e. The highest BCUT2D eigenvalue weighted by atomic mass is 19.1. The van der Waals surface area contributed by atoms with Crippen LogP contribution in [0.3, 0.4) is 0 Å². The van der Waals surface area contributed by atoms with Crippen LogP contribution in [-0.2, 0) is 0 Å². The molecule has 1 aliphatic carbocycles. The van der Waals surface area contributed by atoms with Gasteiger partial charge in [0.25, 0.3) is 0 Å². The zero-order valence-corrected chi connectivity index (χ0v) is 14.2. The Bertz CT molecular complexity index is 475. The van der Waals surface area contributed by atoms with E-state index >= 15 is 0 Å². The van der Waals surface area contributed by atoms with Gasteiger partial charge in [0.15, 0.2) is 0 Å². The third kappa shape index (κ3) is 4.54. The summed E-state index contributed by atoms with van der Waals surface area (Å²) in [4.78, 5) is 0. The predicted molar refractivity (Wildman–Crippen MR) is 88.1 cm³/mol. The number of benzene rings is 1. The molecule has 0 radical (unpaired) electrons. The van der Waals surface area contributed by atoms with E-state index < -0.39 is 0 Å². The van der Waals surface area contributed by atoms with E-state index in [2.05, 4.69) is 39.1 Å². The van der Waals surface area contributed by atoms with Crippen molar-refractivity contribution < 1.29 is 4.39 Å². The fourth-order valence-corrected chi connectivity index (χ4v) is 3.43. The lowest BCUT2D eigenvalue weighted by Crippen LogP contribution is -2.41. The lowest BCUT2D eigenvalue weighted by atomic mass is 9.71. The Morgan fingerprint density at radius 3 is 2.57 bits per heavy atom. The summed E-state index contributed by atoms with van der Waals surface area (Å²) >= 11 is 0. The normalized spacial score (nSPS) is 26.9. The second-order valence-corrected chi connectivity index (χ2v) is 7.92. The summed E-state index contributed by atoms with van der Waals surface area (Å²) in [6, 6.07) is 5.69. The second kappa shape index (κ2) is 6.48. The van der Waals surface area contributed by atoms with Crippen molar-refractivity contribution >= 4 is 0 Å². The number of hydrogen-bond donors (Lipinski definition) is 1. The van der Waals surface area contributed by atoms with Gasteiger partial charge in [0.05, 0.1) is 0 Å². The minimum atomic E-state index is -0.0908. The maximum atomic E-state index is 13.5. The van der Waals surface area contributed by atoms with Crippen LogP contribution in [-0.4, -0.2) is 12.1 Å². The zero-order chi connectivity index (χ0) is 15.6. The van der Waals surface area contributed by atoms with Crippen LogP contribution < -0.4 is 5.32 Å². The Hall–Kier alpha value is -0.890. The van der Waals surface area contributed by atoms with Gasteiger partial charge < -0.3 is 5.32 Å². The fraction of sp³-hybridized carbons (Fsp3) is 0.684. The SMILES string of the molecule is Cc1cc(C2CC(C)CCC2CNC(C)(C)C)ccc1F. The number of hydrogen-bond acceptors (Lipinski definition) is 1. The van der Waals surface area contributed by atoms with Gasteiger partial charge in [0.1, 0.15) is 5.82 Å². The maximum Gasteiger partial charge on any atom is 0.126 e. The van der Waals surface area contributed by atoms with Crippen molar-refractivity contribution in [2.75, 3.05) is 6.54 Å². The average Bonchev–Trinajstić information content (AvgIpc) is 2.39. The zero-order valence-electron chi connectivity index (χ0n) is 14.2. The summed E-state index contributed by atoms with van der Waals surface area (Å²) in [5.41, 5.74) is 2.25. The van der Waals surface area contributed by atoms with Crippen LogP contribution in [0.1, 0.15) is 64.0 Å². The van der Waals surface area contributed by atoms with Crippen molar-refractivity contribution in [2.24, 2.45) is 11.8 Å². The molecule has 118 valence electrons. The van der Waals surface area contributed by atoms with Gasteiger partial charge in [-0.1, -0.05) is 25.5 Å². The molecule has 21 heavy (non-hydrogen) atoms. The molecule has 1 aliphatic rings. The number of rotatable bonds is 3. The Morgan fingerprint density at radius 1 is 1.24 bits per heavy atom. The van der Waals surface area contributed by atoms with Crippen LogP contribution in [0.2, 0.25) is 0 Å². The van der Waals surface area contributed by atoms with E-state index in [1.807, 2.05) is 13.0 Å². The second-order valence-electron chi connectivity index (χ2n) is 7.92. The van der Waals surface area contributed by atoms with Crippen molar-refractivity contribution in [3.05, 3.63) is 35.1 Å². The quantitative estimate of drug-likeness (QED) is 0.822. The lowest BCUT2D eigenvalue weighted by molar-refractivity contribution is 0.227. The van der Waals surface area contributed by atoms with Crippen molar-refractivity contribution in [2.45, 2.75) is 65.3 Å². The topological polar surface area (TPSA) is 12.0 Å². The van der Waals surface area contributed by atoms with E-state index in [1.54, 1.807) is 6.07 Å². The van der Waals surface area contributed by atoms with Gasteiger partial charge in [0, 0.05) is 5.54 Å². The number of nitrogens with one attached hydrogen (secondary N) is 1. The molecule has 1 nitrogen and oxygen atoms in total. The summed E-state index contributed by atoms with van der Waals surface area (Å²) in [6.45, 7) is 11.9. The first-order valence-corrected chi connectivity index (χ1v) is 8.27. The van der Waals surface area contributed by atoms with Crippen LogP contribution in [0.5, 0.6) is 0 Å². The van der Waals surface area contributed by atoms with E-state index in [1.165, 1.54) is 24.8 Å². The molecule has 0 aliphatic heterocycles. The Kier molecular flexibility index (Phi) is 5.08. The monoisotopic (exact) mass is 291 g/mol. The third-order valence-electron chi connectivity index (χ3n) is 4.76. The van der Waals surface area contributed by atoms with Crippen LogP contribution in [0, 0.1) is 24.6 Å². The van der Waals surface area contributed by atoms with E-state index in [9.17, 15) is 4.39 Å². The molecule has 0 aromatic heterocycles. The highest BCUT2D eigenvalue weighted by Crippen LogP contribution is 2.40. The summed E-state index contributed by atoms with van der Waals surface area (Å²) in [7, 11) is 0. The molecule has 2 rings (SSSR count). The van der Waals surface area contributed by atoms with Crippen LogP contribution in [0.25, 0.3) is 0 Å². The van der Waals surface area contributed by atoms with Gasteiger partial charge in [-0.2, -0.15) is 0 Å². The summed E-state index contributed by atoms with van der Waals surface area (Å²) in [5.74, 6) is 1.89. The van der Waals surface area contributed by atoms with E-state index in [4.69, 9.17) is 0 Å². The maximum absolute atomic E-state index is 13.5. The van der Waals surface area contributed by atoms with Crippen molar-refractivity contribution in [1.82, 2.24) is 5.32 Å². The molecule has 1 aromatic carbocycles. The van der Waals surface area contributed by atoms with Gasteiger partial charge in [0.2, 0.25) is 0 Å². The third-order valence-corrected chi connectivity index (χ3v) is 4.76. The van der Waals surface area contributed by atoms with Crippen molar-refractivity contribution in [3.8, 4) is 0 Å². The molecule has 0 saturated heterocycles. The Labute approximate surface area is 129 Å². The fourth-order valence-electron chi connectivity index (χ4n) is 3.43. The highest BCUT2D eigenvalue weighted by molar-refractivity contribution is 5.28. The average molecular weight is 291 g/mol. The molecule has 0 bridgehead atoms. The highest BCUT2D eigenvalue weighted by Gasteiger charge is 2.30. The van der Waals surface area contributed by atoms with Gasteiger partial charge in [-0.15, -0.1) is 0 Å². The summed E-state index contributed by atoms with van der Waals surface area (Å²) in [6.07, 6.45) is 3.81. The molecular weight excluding hydrogens is 261 g/mol. The van der Waals surface area contributed by atoms with Crippen molar-refractivity contribution in [1.29, 1.82) is 0 Å². The molecule has 0 amide bonds. The first-order valence-electron chi connectivity index (χ1n) is 8.27. The van der Waals surface area contributed by atoms with E-state index in [0.29, 0.717) is 11.8 Å². The van der Waals surface area contributed by atoms with Gasteiger partial charge in [-0.3, -0.25) is 0 Å². The van der Waals surface area contributed by atoms with Crippen molar-refractivity contribution in [3.63, 3.8) is 0 Å². The molecule has 1 aromatic rings. The summed E-state index contributed by atoms with van der Waals surface area (Å²) in [5, 5.41) is 3.66. The molecule has 2 heteroatoms. The number of aryl methyl sites for hydroxylation is 1. The first kappa shape index (κ1) is 16.5. The van der Waals surface area contributed by atoms with Gasteiger partial charge in [-0.25, -0.2) is 4.39 Å². The standard InChI is InChI=1S/C19H30FN/c1-13-6-7-16(12-21-19(3,4)5)17(10-13)15-8-9-18(20)14(2)11-15/h8-9,11,13,16-17,21H,6-7,10,12H2,1-5H3. The Morgan fingerprint density at radius 2 is 1.95 bits per heavy atom. The van der Waals surface area contributed by atoms with Crippen LogP contribution in [0.4, 0.5) is 4.39 Å². The molecule has 1 N–H and O–H groups in total. The van der Waals surface area contributed by atoms with Gasteiger partial charge >= 0.3 is 0 Å².